The molecular weight excluding hydrogens is 222 g/mol. The van der Waals surface area contributed by atoms with Crippen molar-refractivity contribution < 1.29 is 4.79 Å². The molecule has 1 heterocycles. The first kappa shape index (κ1) is 12.5. The number of nitrogens with zero attached hydrogens (tertiary/aromatic N) is 1. The summed E-state index contributed by atoms with van der Waals surface area (Å²) in [7, 11) is 0. The first-order chi connectivity index (χ1) is 8.69. The summed E-state index contributed by atoms with van der Waals surface area (Å²) in [5.74, 6) is 0.0722. The molecule has 92 valence electrons. The summed E-state index contributed by atoms with van der Waals surface area (Å²) in [5.41, 5.74) is 3.95. The maximum Gasteiger partial charge on any atom is 0.185 e. The van der Waals surface area contributed by atoms with E-state index in [1.165, 1.54) is 5.56 Å². The van der Waals surface area contributed by atoms with Crippen molar-refractivity contribution in [1.29, 1.82) is 0 Å². The Morgan fingerprint density at radius 1 is 1.11 bits per heavy atom. The van der Waals surface area contributed by atoms with Crippen LogP contribution >= 0.6 is 0 Å². The van der Waals surface area contributed by atoms with Crippen molar-refractivity contribution in [3.8, 4) is 0 Å². The minimum atomic E-state index is 0.0722. The molecule has 2 aromatic rings. The normalized spacial score (nSPS) is 10.3. The average Bonchev–Trinajstić information content (AvgIpc) is 2.39. The van der Waals surface area contributed by atoms with Crippen molar-refractivity contribution in [2.45, 2.75) is 26.7 Å². The minimum Gasteiger partial charge on any atom is -0.292 e. The lowest BCUT2D eigenvalue weighted by atomic mass is 10.0. The molecule has 2 heteroatoms. The second-order valence-corrected chi connectivity index (χ2v) is 4.49. The van der Waals surface area contributed by atoms with Gasteiger partial charge < -0.3 is 0 Å². The van der Waals surface area contributed by atoms with Gasteiger partial charge in [-0.1, -0.05) is 31.2 Å². The molecule has 0 atom stereocenters. The molecule has 0 saturated carbocycles. The van der Waals surface area contributed by atoms with Crippen LogP contribution in [0, 0.1) is 6.92 Å². The Morgan fingerprint density at radius 2 is 1.78 bits per heavy atom. The van der Waals surface area contributed by atoms with Gasteiger partial charge in [0.1, 0.15) is 5.69 Å². The van der Waals surface area contributed by atoms with E-state index in [4.69, 9.17) is 0 Å². The van der Waals surface area contributed by atoms with E-state index >= 15 is 0 Å². The molecule has 1 aromatic heterocycles. The summed E-state index contributed by atoms with van der Waals surface area (Å²) in [6, 6.07) is 11.9. The fourth-order valence-electron chi connectivity index (χ4n) is 1.86. The van der Waals surface area contributed by atoms with Gasteiger partial charge in [-0.05, 0) is 42.2 Å². The van der Waals surface area contributed by atoms with Gasteiger partial charge in [0.2, 0.25) is 0 Å². The highest BCUT2D eigenvalue weighted by Crippen LogP contribution is 2.09. The van der Waals surface area contributed by atoms with E-state index in [1.54, 1.807) is 6.20 Å². The second-order valence-electron chi connectivity index (χ2n) is 4.49. The number of hydrogen-bond donors (Lipinski definition) is 0. The van der Waals surface area contributed by atoms with Crippen LogP contribution in [0.15, 0.2) is 42.6 Å². The molecule has 0 saturated heterocycles. The zero-order valence-electron chi connectivity index (χ0n) is 10.8. The van der Waals surface area contributed by atoms with E-state index in [0.29, 0.717) is 12.1 Å². The maximum atomic E-state index is 12.1. The summed E-state index contributed by atoms with van der Waals surface area (Å²) in [5, 5.41) is 0. The van der Waals surface area contributed by atoms with Gasteiger partial charge in [-0.3, -0.25) is 9.78 Å². The van der Waals surface area contributed by atoms with Gasteiger partial charge in [0.05, 0.1) is 0 Å². The molecule has 2 nitrogen and oxygen atoms in total. The van der Waals surface area contributed by atoms with Crippen molar-refractivity contribution in [3.63, 3.8) is 0 Å². The van der Waals surface area contributed by atoms with E-state index in [2.05, 4.69) is 24.0 Å². The quantitative estimate of drug-likeness (QED) is 0.766. The summed E-state index contributed by atoms with van der Waals surface area (Å²) >= 11 is 0. The molecule has 0 spiro atoms. The highest BCUT2D eigenvalue weighted by molar-refractivity contribution is 5.95. The number of benzene rings is 1. The lowest BCUT2D eigenvalue weighted by molar-refractivity contribution is 0.0988. The highest BCUT2D eigenvalue weighted by Gasteiger charge is 2.08. The zero-order valence-corrected chi connectivity index (χ0v) is 10.8. The van der Waals surface area contributed by atoms with Gasteiger partial charge in [0, 0.05) is 12.6 Å². The van der Waals surface area contributed by atoms with E-state index in [1.807, 2.05) is 31.2 Å². The van der Waals surface area contributed by atoms with Crippen LogP contribution in [0.2, 0.25) is 0 Å². The molecular formula is C16H17NO. The third-order valence-electron chi connectivity index (χ3n) is 3.00. The Hall–Kier alpha value is -1.96. The van der Waals surface area contributed by atoms with E-state index < -0.39 is 0 Å². The summed E-state index contributed by atoms with van der Waals surface area (Å²) in [4.78, 5) is 16.2. The molecule has 0 bridgehead atoms. The number of aromatic nitrogens is 1. The summed E-state index contributed by atoms with van der Waals surface area (Å²) < 4.78 is 0. The van der Waals surface area contributed by atoms with Gasteiger partial charge in [0.25, 0.3) is 0 Å². The van der Waals surface area contributed by atoms with Crippen LogP contribution in [0.5, 0.6) is 0 Å². The molecule has 0 amide bonds. The van der Waals surface area contributed by atoms with Crippen molar-refractivity contribution in [3.05, 3.63) is 65.0 Å². The molecule has 0 aliphatic heterocycles. The van der Waals surface area contributed by atoms with Gasteiger partial charge in [0.15, 0.2) is 5.78 Å². The molecule has 2 rings (SSSR count). The van der Waals surface area contributed by atoms with E-state index in [0.717, 1.165) is 17.5 Å². The number of rotatable bonds is 4. The van der Waals surface area contributed by atoms with Gasteiger partial charge in [-0.2, -0.15) is 0 Å². The molecule has 0 aliphatic rings. The fraction of sp³-hybridized carbons (Fsp3) is 0.250. The highest BCUT2D eigenvalue weighted by atomic mass is 16.1. The molecule has 0 radical (unpaired) electrons. The van der Waals surface area contributed by atoms with Crippen molar-refractivity contribution >= 4 is 5.78 Å². The Bertz CT molecular complexity index is 543. The van der Waals surface area contributed by atoms with Crippen LogP contribution in [-0.4, -0.2) is 10.8 Å². The smallest absolute Gasteiger partial charge is 0.185 e. The largest absolute Gasteiger partial charge is 0.292 e. The molecule has 0 unspecified atom stereocenters. The summed E-state index contributed by atoms with van der Waals surface area (Å²) in [6.45, 7) is 4.09. The molecule has 0 N–H and O–H groups in total. The van der Waals surface area contributed by atoms with Crippen LogP contribution in [0.25, 0.3) is 0 Å². The number of pyridine rings is 1. The Kier molecular flexibility index (Phi) is 3.88. The van der Waals surface area contributed by atoms with E-state index in [9.17, 15) is 4.79 Å². The van der Waals surface area contributed by atoms with Crippen LogP contribution in [0.3, 0.4) is 0 Å². The Labute approximate surface area is 108 Å². The van der Waals surface area contributed by atoms with Gasteiger partial charge in [-0.25, -0.2) is 0 Å². The minimum absolute atomic E-state index is 0.0722. The van der Waals surface area contributed by atoms with Crippen LogP contribution < -0.4 is 0 Å². The van der Waals surface area contributed by atoms with Crippen molar-refractivity contribution in [2.24, 2.45) is 0 Å². The maximum absolute atomic E-state index is 12.1. The third-order valence-corrected chi connectivity index (χ3v) is 3.00. The predicted molar refractivity (Wildman–Crippen MR) is 72.8 cm³/mol. The van der Waals surface area contributed by atoms with Crippen molar-refractivity contribution in [1.82, 2.24) is 4.98 Å². The van der Waals surface area contributed by atoms with Gasteiger partial charge in [-0.15, -0.1) is 0 Å². The zero-order chi connectivity index (χ0) is 13.0. The monoisotopic (exact) mass is 239 g/mol. The topological polar surface area (TPSA) is 30.0 Å². The Balaban J connectivity index is 2.11. The molecule has 0 fully saturated rings. The number of hydrogen-bond acceptors (Lipinski definition) is 2. The van der Waals surface area contributed by atoms with Crippen molar-refractivity contribution in [2.75, 3.05) is 0 Å². The SMILES string of the molecule is CCc1ccc(CC(=O)c2cc(C)ccn2)cc1. The summed E-state index contributed by atoms with van der Waals surface area (Å²) in [6.07, 6.45) is 3.12. The number of Topliss-reactive ketones (excluding diaryl/α,β-unsaturated/α-hetero) is 1. The Morgan fingerprint density at radius 3 is 2.39 bits per heavy atom. The van der Waals surface area contributed by atoms with Crippen LogP contribution in [0.1, 0.15) is 34.1 Å². The average molecular weight is 239 g/mol. The standard InChI is InChI=1S/C16H17NO/c1-3-13-4-6-14(7-5-13)11-16(18)15-10-12(2)8-9-17-15/h4-10H,3,11H2,1-2H3. The molecule has 1 aromatic carbocycles. The lowest BCUT2D eigenvalue weighted by Gasteiger charge is -2.03. The first-order valence-corrected chi connectivity index (χ1v) is 6.22. The first-order valence-electron chi connectivity index (χ1n) is 6.22. The fourth-order valence-corrected chi connectivity index (χ4v) is 1.86. The van der Waals surface area contributed by atoms with E-state index in [-0.39, 0.29) is 5.78 Å². The third kappa shape index (κ3) is 3.04. The molecule has 0 aliphatic carbocycles. The van der Waals surface area contributed by atoms with Crippen LogP contribution in [-0.2, 0) is 12.8 Å². The predicted octanol–water partition coefficient (Wildman–Crippen LogP) is 3.38. The number of ketones is 1. The number of carbonyl (C=O) groups excluding carboxylic acids is 1. The molecule has 18 heavy (non-hydrogen) atoms. The number of aryl methyl sites for hydroxylation is 2. The number of carbonyl (C=O) groups is 1. The van der Waals surface area contributed by atoms with Crippen LogP contribution in [0.4, 0.5) is 0 Å². The lowest BCUT2D eigenvalue weighted by Crippen LogP contribution is -2.06. The van der Waals surface area contributed by atoms with Gasteiger partial charge >= 0.3 is 0 Å². The second kappa shape index (κ2) is 5.58.